The molecule has 2 aromatic heterocycles. The number of carbonyl (C=O) groups is 2. The minimum Gasteiger partial charge on any atom is -0.481 e. The molecule has 0 saturated carbocycles. The number of fused-ring (bicyclic) bond motifs is 1. The van der Waals surface area contributed by atoms with E-state index in [1.807, 2.05) is 0 Å². The Labute approximate surface area is 170 Å². The van der Waals surface area contributed by atoms with Crippen molar-refractivity contribution in [2.24, 2.45) is 0 Å². The molecule has 2 heterocycles. The van der Waals surface area contributed by atoms with Gasteiger partial charge in [-0.2, -0.15) is 4.98 Å². The van der Waals surface area contributed by atoms with Crippen LogP contribution in [0.25, 0.3) is 11.2 Å². The number of hydrogen-bond acceptors (Lipinski definition) is 9. The lowest BCUT2D eigenvalue weighted by Crippen LogP contribution is -2.27. The van der Waals surface area contributed by atoms with Gasteiger partial charge in [-0.1, -0.05) is 0 Å². The molecule has 1 unspecified atom stereocenters. The third-order valence-electron chi connectivity index (χ3n) is 3.90. The highest BCUT2D eigenvalue weighted by molar-refractivity contribution is 5.70. The molecule has 13 nitrogen and oxygen atoms in total. The van der Waals surface area contributed by atoms with E-state index in [1.165, 1.54) is 10.9 Å². The first-order valence-corrected chi connectivity index (χ1v) is 9.28. The number of H-pyrrole nitrogens is 1. The third kappa shape index (κ3) is 7.77. The zero-order valence-electron chi connectivity index (χ0n) is 16.3. The van der Waals surface area contributed by atoms with E-state index in [4.69, 9.17) is 30.2 Å². The minimum absolute atomic E-state index is 0.00357. The van der Waals surface area contributed by atoms with Gasteiger partial charge in [-0.3, -0.25) is 23.9 Å². The summed E-state index contributed by atoms with van der Waals surface area (Å²) in [5, 5.41) is 17.3. The van der Waals surface area contributed by atoms with Crippen molar-refractivity contribution in [1.29, 1.82) is 0 Å². The van der Waals surface area contributed by atoms with E-state index in [2.05, 4.69) is 15.0 Å². The van der Waals surface area contributed by atoms with Crippen LogP contribution in [0.1, 0.15) is 25.7 Å². The SMILES string of the molecule is Nc1nc2c(ncn2COCC(COCCCC(=O)O)OCCCC(=O)O)c(=O)[nH]1. The van der Waals surface area contributed by atoms with Gasteiger partial charge in [0.15, 0.2) is 11.2 Å². The number of aromatic amines is 1. The van der Waals surface area contributed by atoms with Gasteiger partial charge < -0.3 is 30.2 Å². The number of rotatable bonds is 15. The maximum Gasteiger partial charge on any atom is 0.303 e. The van der Waals surface area contributed by atoms with Crippen LogP contribution in [-0.2, 0) is 30.5 Å². The van der Waals surface area contributed by atoms with Gasteiger partial charge in [0.05, 0.1) is 19.5 Å². The molecular formula is C17H25N5O8. The average molecular weight is 427 g/mol. The van der Waals surface area contributed by atoms with Gasteiger partial charge in [-0.05, 0) is 12.8 Å². The van der Waals surface area contributed by atoms with E-state index in [0.29, 0.717) is 12.8 Å². The molecule has 0 aliphatic heterocycles. The van der Waals surface area contributed by atoms with Crippen LogP contribution >= 0.6 is 0 Å². The molecule has 1 atom stereocenters. The monoisotopic (exact) mass is 427 g/mol. The van der Waals surface area contributed by atoms with E-state index < -0.39 is 23.6 Å². The summed E-state index contributed by atoms with van der Waals surface area (Å²) in [6.07, 6.45) is 1.60. The molecule has 2 rings (SSSR count). The van der Waals surface area contributed by atoms with Crippen LogP contribution in [0.4, 0.5) is 5.95 Å². The van der Waals surface area contributed by atoms with Crippen molar-refractivity contribution in [3.63, 3.8) is 0 Å². The lowest BCUT2D eigenvalue weighted by atomic mass is 10.3. The van der Waals surface area contributed by atoms with Crippen molar-refractivity contribution >= 4 is 29.1 Å². The molecule has 0 fully saturated rings. The zero-order chi connectivity index (χ0) is 21.9. The van der Waals surface area contributed by atoms with E-state index >= 15 is 0 Å². The number of aromatic nitrogens is 4. The Kier molecular flexibility index (Phi) is 9.18. The van der Waals surface area contributed by atoms with Crippen LogP contribution in [0.3, 0.4) is 0 Å². The highest BCUT2D eigenvalue weighted by Crippen LogP contribution is 2.07. The molecule has 0 aliphatic carbocycles. The molecule has 30 heavy (non-hydrogen) atoms. The second-order valence-electron chi connectivity index (χ2n) is 6.40. The van der Waals surface area contributed by atoms with Gasteiger partial charge in [-0.15, -0.1) is 0 Å². The first-order chi connectivity index (χ1) is 14.4. The molecular weight excluding hydrogens is 402 g/mol. The van der Waals surface area contributed by atoms with Crippen molar-refractivity contribution in [2.75, 3.05) is 32.2 Å². The second-order valence-corrected chi connectivity index (χ2v) is 6.40. The van der Waals surface area contributed by atoms with Gasteiger partial charge >= 0.3 is 11.9 Å². The molecule has 0 bridgehead atoms. The third-order valence-corrected chi connectivity index (χ3v) is 3.90. The second kappa shape index (κ2) is 11.8. The Morgan fingerprint density at radius 1 is 1.13 bits per heavy atom. The number of nitrogens with two attached hydrogens (primary N) is 1. The number of anilines is 1. The lowest BCUT2D eigenvalue weighted by molar-refractivity contribution is -0.139. The summed E-state index contributed by atoms with van der Waals surface area (Å²) in [5.41, 5.74) is 5.51. The first kappa shape index (κ1) is 23.3. The molecule has 0 aromatic carbocycles. The van der Waals surface area contributed by atoms with Gasteiger partial charge in [0, 0.05) is 26.1 Å². The Morgan fingerprint density at radius 2 is 1.80 bits per heavy atom. The first-order valence-electron chi connectivity index (χ1n) is 9.28. The Bertz CT molecular complexity index is 896. The van der Waals surface area contributed by atoms with Crippen LogP contribution in [-0.4, -0.2) is 74.2 Å². The normalized spacial score (nSPS) is 12.3. The molecule has 5 N–H and O–H groups in total. The number of hydrogen-bond donors (Lipinski definition) is 4. The Morgan fingerprint density at radius 3 is 2.50 bits per heavy atom. The fraction of sp³-hybridized carbons (Fsp3) is 0.588. The number of ether oxygens (including phenoxy) is 3. The molecule has 13 heteroatoms. The van der Waals surface area contributed by atoms with Crippen molar-refractivity contribution in [3.8, 4) is 0 Å². The van der Waals surface area contributed by atoms with Gasteiger partial charge in [0.25, 0.3) is 5.56 Å². The average Bonchev–Trinajstić information content (AvgIpc) is 3.07. The number of aliphatic carboxylic acids is 2. The summed E-state index contributed by atoms with van der Waals surface area (Å²) in [7, 11) is 0. The number of nitrogen functional groups attached to an aromatic ring is 1. The summed E-state index contributed by atoms with van der Waals surface area (Å²) in [6.45, 7) is 0.757. The topological polar surface area (TPSA) is 192 Å². The molecule has 0 spiro atoms. The number of carboxylic acid groups (broad SMARTS) is 2. The number of nitrogens with one attached hydrogen (secondary N) is 1. The van der Waals surface area contributed by atoms with Crippen LogP contribution in [0.2, 0.25) is 0 Å². The standard InChI is InChI=1S/C17H25N5O8/c18-17-20-15-14(16(27)21-17)19-9-22(15)10-29-8-11(30-6-2-4-13(25)26)7-28-5-1-3-12(23)24/h9,11H,1-8,10H2,(H,23,24)(H,25,26)(H3,18,20,21,27). The highest BCUT2D eigenvalue weighted by Gasteiger charge is 2.13. The minimum atomic E-state index is -0.912. The molecule has 0 radical (unpaired) electrons. The van der Waals surface area contributed by atoms with E-state index in [0.717, 1.165) is 0 Å². The fourth-order valence-corrected chi connectivity index (χ4v) is 2.51. The van der Waals surface area contributed by atoms with E-state index in [-0.39, 0.29) is 63.1 Å². The molecule has 166 valence electrons. The van der Waals surface area contributed by atoms with E-state index in [1.54, 1.807) is 0 Å². The maximum absolute atomic E-state index is 11.8. The van der Waals surface area contributed by atoms with Gasteiger partial charge in [-0.25, -0.2) is 4.98 Å². The van der Waals surface area contributed by atoms with Crippen LogP contribution in [0.15, 0.2) is 11.1 Å². The smallest absolute Gasteiger partial charge is 0.303 e. The summed E-state index contributed by atoms with van der Waals surface area (Å²) >= 11 is 0. The van der Waals surface area contributed by atoms with Crippen LogP contribution in [0, 0.1) is 0 Å². The Hall–Kier alpha value is -3.03. The number of imidazole rings is 1. The van der Waals surface area contributed by atoms with Crippen molar-refractivity contribution in [3.05, 3.63) is 16.7 Å². The number of carboxylic acids is 2. The largest absolute Gasteiger partial charge is 0.481 e. The number of nitrogens with zero attached hydrogens (tertiary/aromatic N) is 3. The van der Waals surface area contributed by atoms with Crippen molar-refractivity contribution in [1.82, 2.24) is 19.5 Å². The fourth-order valence-electron chi connectivity index (χ4n) is 2.51. The van der Waals surface area contributed by atoms with Gasteiger partial charge in [0.2, 0.25) is 5.95 Å². The molecule has 0 aliphatic rings. The summed E-state index contributed by atoms with van der Waals surface area (Å²) in [5.74, 6) is -1.85. The highest BCUT2D eigenvalue weighted by atomic mass is 16.6. The molecule has 2 aromatic rings. The summed E-state index contributed by atoms with van der Waals surface area (Å²) < 4.78 is 18.2. The molecule has 0 saturated heterocycles. The van der Waals surface area contributed by atoms with E-state index in [9.17, 15) is 14.4 Å². The quantitative estimate of drug-likeness (QED) is 0.275. The maximum atomic E-state index is 11.8. The van der Waals surface area contributed by atoms with Crippen LogP contribution < -0.4 is 11.3 Å². The van der Waals surface area contributed by atoms with Crippen LogP contribution in [0.5, 0.6) is 0 Å². The molecule has 0 amide bonds. The lowest BCUT2D eigenvalue weighted by Gasteiger charge is -2.18. The van der Waals surface area contributed by atoms with Crippen molar-refractivity contribution < 1.29 is 34.0 Å². The van der Waals surface area contributed by atoms with Crippen molar-refractivity contribution in [2.45, 2.75) is 38.5 Å². The predicted octanol–water partition coefficient (Wildman–Crippen LogP) is -0.193. The van der Waals surface area contributed by atoms with Gasteiger partial charge in [0.1, 0.15) is 12.8 Å². The summed E-state index contributed by atoms with van der Waals surface area (Å²) in [6, 6.07) is 0. The summed E-state index contributed by atoms with van der Waals surface area (Å²) in [4.78, 5) is 43.3. The zero-order valence-corrected chi connectivity index (χ0v) is 16.3. The predicted molar refractivity (Wildman–Crippen MR) is 103 cm³/mol. The Balaban J connectivity index is 1.85.